The first-order valence-corrected chi connectivity index (χ1v) is 16.6. The van der Waals surface area contributed by atoms with Crippen LogP contribution in [0.25, 0.3) is 16.9 Å². The van der Waals surface area contributed by atoms with Crippen LogP contribution in [-0.2, 0) is 26.7 Å². The van der Waals surface area contributed by atoms with E-state index in [1.165, 1.54) is 4.57 Å². The molecule has 7 rings (SSSR count). The molecule has 3 heterocycles. The van der Waals surface area contributed by atoms with E-state index in [2.05, 4.69) is 26.3 Å². The first kappa shape index (κ1) is 31.0. The van der Waals surface area contributed by atoms with Gasteiger partial charge in [-0.3, -0.25) is 23.4 Å². The maximum Gasteiger partial charge on any atom is 0.333 e. The van der Waals surface area contributed by atoms with Crippen molar-refractivity contribution in [2.24, 2.45) is 7.05 Å². The summed E-state index contributed by atoms with van der Waals surface area (Å²) in [5, 5.41) is 8.01. The fourth-order valence-corrected chi connectivity index (χ4v) is 6.38. The Morgan fingerprint density at radius 3 is 2.53 bits per heavy atom. The van der Waals surface area contributed by atoms with Crippen LogP contribution in [0.5, 0.6) is 5.75 Å². The van der Waals surface area contributed by atoms with Gasteiger partial charge in [0.1, 0.15) is 11.4 Å². The molecular weight excluding hydrogens is 684 g/mol. The number of carbonyl (C=O) groups is 2. The van der Waals surface area contributed by atoms with Gasteiger partial charge in [-0.05, 0) is 89.8 Å². The summed E-state index contributed by atoms with van der Waals surface area (Å²) in [4.78, 5) is 43.8. The van der Waals surface area contributed by atoms with Crippen LogP contribution in [0.1, 0.15) is 51.9 Å². The van der Waals surface area contributed by atoms with Crippen molar-refractivity contribution in [1.82, 2.24) is 29.1 Å². The van der Waals surface area contributed by atoms with Crippen molar-refractivity contribution in [3.8, 4) is 22.7 Å². The lowest BCUT2D eigenvalue weighted by Gasteiger charge is -2.34. The highest BCUT2D eigenvalue weighted by atomic mass is 79.9. The Labute approximate surface area is 284 Å². The highest BCUT2D eigenvalue weighted by Crippen LogP contribution is 2.30. The Morgan fingerprint density at radius 2 is 1.83 bits per heavy atom. The van der Waals surface area contributed by atoms with E-state index in [0.29, 0.717) is 32.2 Å². The molecule has 0 radical (unpaired) electrons. The number of hydrogen-bond acceptors (Lipinski definition) is 5. The van der Waals surface area contributed by atoms with Crippen molar-refractivity contribution >= 4 is 39.3 Å². The Hall–Kier alpha value is -4.61. The average Bonchev–Trinajstić information content (AvgIpc) is 3.71. The third kappa shape index (κ3) is 6.13. The lowest BCUT2D eigenvalue weighted by molar-refractivity contribution is 0.0610. The standard InChI is InChI=1S/C35H32BrClN6O4/c1-21-19-42-31(20-41(21)34(45)22-7-14-28(36)29(37)17-22)32(43(35(42)46)24-8-10-25(11-9-24)47-26-12-13-26)33(44)38-18-23-5-3-4-6-27(23)30-15-16-40(2)39-30/h3-11,14-17,21,26H,12-13,18-20H2,1-2H3,(H,38,44)/t21-/m0/s1. The molecule has 1 fully saturated rings. The van der Waals surface area contributed by atoms with Crippen LogP contribution in [0.4, 0.5) is 0 Å². The molecule has 12 heteroatoms. The molecule has 5 aromatic rings. The normalized spacial score (nSPS) is 15.7. The Morgan fingerprint density at radius 1 is 1.06 bits per heavy atom. The lowest BCUT2D eigenvalue weighted by atomic mass is 10.0. The second-order valence-corrected chi connectivity index (χ2v) is 13.2. The molecule has 0 unspecified atom stereocenters. The SMILES string of the molecule is C[C@H]1Cn2c(c(C(=O)NCc3ccccc3-c3ccn(C)n3)n(-c3ccc(OC4CC4)cc3)c2=O)CN1C(=O)c1ccc(Br)c(Cl)c1. The summed E-state index contributed by atoms with van der Waals surface area (Å²) in [6.45, 7) is 2.38. The van der Waals surface area contributed by atoms with Gasteiger partial charge in [0.05, 0.1) is 34.7 Å². The zero-order chi connectivity index (χ0) is 32.8. The minimum atomic E-state index is -0.432. The van der Waals surface area contributed by atoms with Gasteiger partial charge in [-0.2, -0.15) is 5.10 Å². The summed E-state index contributed by atoms with van der Waals surface area (Å²) in [5.74, 6) is 0.0400. The van der Waals surface area contributed by atoms with E-state index in [-0.39, 0.29) is 49.1 Å². The zero-order valence-electron chi connectivity index (χ0n) is 25.8. The predicted octanol–water partition coefficient (Wildman–Crippen LogP) is 5.97. The molecule has 1 aliphatic carbocycles. The molecule has 1 saturated carbocycles. The minimum absolute atomic E-state index is 0.0616. The molecular formula is C35H32BrClN6O4. The second kappa shape index (κ2) is 12.5. The smallest absolute Gasteiger partial charge is 0.333 e. The van der Waals surface area contributed by atoms with Gasteiger partial charge in [0.15, 0.2) is 0 Å². The second-order valence-electron chi connectivity index (χ2n) is 12.0. The van der Waals surface area contributed by atoms with Crippen molar-refractivity contribution < 1.29 is 14.3 Å². The maximum atomic E-state index is 14.2. The maximum absolute atomic E-state index is 14.2. The molecule has 0 spiro atoms. The third-order valence-electron chi connectivity index (χ3n) is 8.55. The largest absolute Gasteiger partial charge is 0.490 e. The van der Waals surface area contributed by atoms with Crippen molar-refractivity contribution in [2.75, 3.05) is 0 Å². The first-order chi connectivity index (χ1) is 22.7. The molecule has 240 valence electrons. The first-order valence-electron chi connectivity index (χ1n) is 15.4. The van der Waals surface area contributed by atoms with Gasteiger partial charge in [0.2, 0.25) is 0 Å². The molecule has 2 aliphatic rings. The number of aryl methyl sites for hydroxylation is 1. The number of aromatic nitrogens is 4. The van der Waals surface area contributed by atoms with Crippen molar-refractivity contribution in [1.29, 1.82) is 0 Å². The molecule has 0 bridgehead atoms. The van der Waals surface area contributed by atoms with E-state index in [9.17, 15) is 14.4 Å². The van der Waals surface area contributed by atoms with Crippen LogP contribution < -0.4 is 15.7 Å². The number of rotatable bonds is 8. The number of nitrogens with one attached hydrogen (secondary N) is 1. The van der Waals surface area contributed by atoms with E-state index in [1.54, 1.807) is 44.5 Å². The van der Waals surface area contributed by atoms with Crippen molar-refractivity contribution in [2.45, 2.75) is 51.5 Å². The number of halogens is 2. The molecule has 0 saturated heterocycles. The third-order valence-corrected chi connectivity index (χ3v) is 9.79. The number of carbonyl (C=O) groups excluding carboxylic acids is 2. The van der Waals surface area contributed by atoms with Crippen LogP contribution in [0.3, 0.4) is 0 Å². The number of amides is 2. The summed E-state index contributed by atoms with van der Waals surface area (Å²) >= 11 is 9.70. The van der Waals surface area contributed by atoms with Crippen LogP contribution in [0.15, 0.2) is 88.3 Å². The van der Waals surface area contributed by atoms with Gasteiger partial charge in [0, 0.05) is 48.0 Å². The predicted molar refractivity (Wildman–Crippen MR) is 182 cm³/mol. The van der Waals surface area contributed by atoms with Crippen LogP contribution >= 0.6 is 27.5 Å². The molecule has 47 heavy (non-hydrogen) atoms. The Kier molecular flexibility index (Phi) is 8.27. The van der Waals surface area contributed by atoms with Crippen LogP contribution in [-0.4, -0.2) is 47.8 Å². The van der Waals surface area contributed by atoms with E-state index in [0.717, 1.165) is 29.7 Å². The lowest BCUT2D eigenvalue weighted by Crippen LogP contribution is -2.47. The number of ether oxygens (including phenoxy) is 1. The van der Waals surface area contributed by atoms with Gasteiger partial charge >= 0.3 is 5.69 Å². The molecule has 1 N–H and O–H groups in total. The van der Waals surface area contributed by atoms with E-state index < -0.39 is 5.91 Å². The van der Waals surface area contributed by atoms with Crippen molar-refractivity contribution in [3.63, 3.8) is 0 Å². The molecule has 1 atom stereocenters. The monoisotopic (exact) mass is 714 g/mol. The average molecular weight is 716 g/mol. The topological polar surface area (TPSA) is 103 Å². The van der Waals surface area contributed by atoms with E-state index >= 15 is 0 Å². The Balaban J connectivity index is 1.26. The van der Waals surface area contributed by atoms with Crippen LogP contribution in [0, 0.1) is 0 Å². The molecule has 1 aliphatic heterocycles. The summed E-state index contributed by atoms with van der Waals surface area (Å²) in [6, 6.07) is 21.6. The zero-order valence-corrected chi connectivity index (χ0v) is 28.2. The fraction of sp³-hybridized carbons (Fsp3) is 0.257. The molecule has 3 aromatic carbocycles. The highest BCUT2D eigenvalue weighted by molar-refractivity contribution is 9.10. The number of benzene rings is 3. The summed E-state index contributed by atoms with van der Waals surface area (Å²) < 4.78 is 11.4. The van der Waals surface area contributed by atoms with E-state index in [4.69, 9.17) is 16.3 Å². The number of hydrogen-bond donors (Lipinski definition) is 1. The summed E-state index contributed by atoms with van der Waals surface area (Å²) in [7, 11) is 1.86. The molecule has 10 nitrogen and oxygen atoms in total. The number of fused-ring (bicyclic) bond motifs is 1. The number of nitrogens with zero attached hydrogens (tertiary/aromatic N) is 5. The minimum Gasteiger partial charge on any atom is -0.490 e. The van der Waals surface area contributed by atoms with Crippen molar-refractivity contribution in [3.05, 3.63) is 121 Å². The summed E-state index contributed by atoms with van der Waals surface area (Å²) in [5.41, 5.74) is 3.81. The van der Waals surface area contributed by atoms with Gasteiger partial charge in [-0.15, -0.1) is 0 Å². The summed E-state index contributed by atoms with van der Waals surface area (Å²) in [6.07, 6.45) is 4.15. The van der Waals surface area contributed by atoms with E-state index in [1.807, 2.05) is 62.6 Å². The van der Waals surface area contributed by atoms with Crippen LogP contribution in [0.2, 0.25) is 5.02 Å². The molecule has 2 amide bonds. The molecule has 2 aromatic heterocycles. The van der Waals surface area contributed by atoms with Gasteiger partial charge in [-0.1, -0.05) is 35.9 Å². The number of imidazole rings is 1. The van der Waals surface area contributed by atoms with Gasteiger partial charge in [-0.25, -0.2) is 4.79 Å². The van der Waals surface area contributed by atoms with Gasteiger partial charge < -0.3 is 15.0 Å². The van der Waals surface area contributed by atoms with Gasteiger partial charge in [0.25, 0.3) is 11.8 Å². The Bertz CT molecular complexity index is 2060. The fourth-order valence-electron chi connectivity index (χ4n) is 5.95. The highest BCUT2D eigenvalue weighted by Gasteiger charge is 2.35. The quantitative estimate of drug-likeness (QED) is 0.213.